The van der Waals surface area contributed by atoms with E-state index in [0.29, 0.717) is 15.6 Å². The summed E-state index contributed by atoms with van der Waals surface area (Å²) in [7, 11) is -4.24. The minimum Gasteiger partial charge on any atom is -0.390 e. The zero-order valence-corrected chi connectivity index (χ0v) is 20.8. The second-order valence-corrected chi connectivity index (χ2v) is 10.3. The molecule has 0 bridgehead atoms. The van der Waals surface area contributed by atoms with Gasteiger partial charge in [0.15, 0.2) is 0 Å². The Hall–Kier alpha value is -2.68. The predicted octanol–water partition coefficient (Wildman–Crippen LogP) is 1.98. The minimum absolute atomic E-state index is 0.00447. The highest BCUT2D eigenvalue weighted by Crippen LogP contribution is 2.32. The van der Waals surface area contributed by atoms with Gasteiger partial charge in [-0.2, -0.15) is 13.5 Å². The molecule has 0 radical (unpaired) electrons. The number of aromatic nitrogens is 4. The van der Waals surface area contributed by atoms with Gasteiger partial charge in [0.2, 0.25) is 5.78 Å². The van der Waals surface area contributed by atoms with Crippen molar-refractivity contribution in [2.45, 2.75) is 31.3 Å². The lowest BCUT2D eigenvalue weighted by Crippen LogP contribution is -2.33. The van der Waals surface area contributed by atoms with Crippen molar-refractivity contribution < 1.29 is 26.9 Å². The Bertz CT molecular complexity index is 1370. The molecular formula is C21H21Cl2FN6O5S. The summed E-state index contributed by atoms with van der Waals surface area (Å²) in [5.41, 5.74) is 0.842. The first-order chi connectivity index (χ1) is 17.0. The van der Waals surface area contributed by atoms with Crippen molar-refractivity contribution >= 4 is 45.1 Å². The number of anilines is 1. The molecule has 1 aromatic carbocycles. The molecule has 1 aliphatic rings. The summed E-state index contributed by atoms with van der Waals surface area (Å²) in [6.45, 7) is -0.212. The van der Waals surface area contributed by atoms with Crippen LogP contribution in [0, 0.1) is 5.92 Å². The van der Waals surface area contributed by atoms with E-state index in [1.165, 1.54) is 23.3 Å². The summed E-state index contributed by atoms with van der Waals surface area (Å²) >= 11 is 12.2. The number of nitrogens with one attached hydrogen (secondary N) is 1. The Kier molecular flexibility index (Phi) is 7.87. The molecule has 0 amide bonds. The van der Waals surface area contributed by atoms with Crippen LogP contribution >= 0.6 is 23.2 Å². The van der Waals surface area contributed by atoms with E-state index in [1.807, 2.05) is 0 Å². The van der Waals surface area contributed by atoms with Gasteiger partial charge in [-0.05, 0) is 36.2 Å². The van der Waals surface area contributed by atoms with Crippen molar-refractivity contribution in [3.63, 3.8) is 0 Å². The molecule has 0 saturated heterocycles. The van der Waals surface area contributed by atoms with Crippen LogP contribution in [0.25, 0.3) is 0 Å². The highest BCUT2D eigenvalue weighted by molar-refractivity contribution is 7.84. The number of nitrogens with zero attached hydrogens (tertiary/aromatic N) is 4. The molecule has 0 aliphatic heterocycles. The Morgan fingerprint density at radius 3 is 2.86 bits per heavy atom. The fourth-order valence-corrected chi connectivity index (χ4v) is 4.65. The molecule has 192 valence electrons. The number of carbonyl (C=O) groups is 1. The average molecular weight is 559 g/mol. The fourth-order valence-electron chi connectivity index (χ4n) is 3.92. The lowest BCUT2D eigenvalue weighted by Gasteiger charge is -2.18. The van der Waals surface area contributed by atoms with Crippen LogP contribution in [-0.2, 0) is 21.0 Å². The van der Waals surface area contributed by atoms with Gasteiger partial charge in [-0.25, -0.2) is 19.5 Å². The van der Waals surface area contributed by atoms with Crippen molar-refractivity contribution in [3.8, 4) is 0 Å². The molecule has 11 nitrogen and oxygen atoms in total. The molecule has 15 heteroatoms. The van der Waals surface area contributed by atoms with Gasteiger partial charge in [-0.15, -0.1) is 0 Å². The zero-order valence-electron chi connectivity index (χ0n) is 18.5. The van der Waals surface area contributed by atoms with E-state index in [1.54, 1.807) is 24.4 Å². The second kappa shape index (κ2) is 10.7. The molecule has 4 atom stereocenters. The lowest BCUT2D eigenvalue weighted by molar-refractivity contribution is 0.0501. The number of rotatable bonds is 9. The van der Waals surface area contributed by atoms with Gasteiger partial charge in [-0.3, -0.25) is 13.7 Å². The number of benzene rings is 1. The van der Waals surface area contributed by atoms with E-state index >= 15 is 0 Å². The summed E-state index contributed by atoms with van der Waals surface area (Å²) in [6.07, 6.45) is 0.773. The normalized spacial score (nSPS) is 22.0. The van der Waals surface area contributed by atoms with Gasteiger partial charge in [0, 0.05) is 28.4 Å². The summed E-state index contributed by atoms with van der Waals surface area (Å²) in [5, 5.41) is 23.1. The highest BCUT2D eigenvalue weighted by atomic mass is 35.5. The van der Waals surface area contributed by atoms with Crippen LogP contribution < -0.4 is 10.5 Å². The van der Waals surface area contributed by atoms with Gasteiger partial charge in [0.1, 0.15) is 24.0 Å². The van der Waals surface area contributed by atoms with Crippen molar-refractivity contribution in [3.05, 3.63) is 69.9 Å². The number of hydrogen-bond donors (Lipinski definition) is 3. The van der Waals surface area contributed by atoms with Crippen molar-refractivity contribution in [2.75, 3.05) is 11.9 Å². The number of aliphatic hydroxyl groups is 1. The Balaban J connectivity index is 1.49. The Labute approximate surface area is 215 Å². The Morgan fingerprint density at radius 2 is 2.11 bits per heavy atom. The van der Waals surface area contributed by atoms with Gasteiger partial charge in [-0.1, -0.05) is 23.2 Å². The maximum atomic E-state index is 14.8. The first-order valence-electron chi connectivity index (χ1n) is 10.6. The summed E-state index contributed by atoms with van der Waals surface area (Å²) in [6, 6.07) is 5.56. The van der Waals surface area contributed by atoms with Gasteiger partial charge >= 0.3 is 10.3 Å². The molecule has 36 heavy (non-hydrogen) atoms. The summed E-state index contributed by atoms with van der Waals surface area (Å²) < 4.78 is 42.8. The van der Waals surface area contributed by atoms with Crippen molar-refractivity contribution in [1.82, 2.24) is 19.7 Å². The molecule has 0 spiro atoms. The van der Waals surface area contributed by atoms with E-state index in [2.05, 4.69) is 24.6 Å². The lowest BCUT2D eigenvalue weighted by atomic mass is 10.1. The molecule has 2 aromatic heterocycles. The third-order valence-electron chi connectivity index (χ3n) is 5.69. The first-order valence-corrected chi connectivity index (χ1v) is 12.8. The SMILES string of the molecule is NS(=O)(=O)OC[C@H]1C[C@@H](Nc2ncncc2C(=O)c2ccn(Cc3cc(Cl)ccc3Cl)n2)[C@@H](F)[C@@H]1O. The standard InChI is InChI=1S/C21H21Cl2FN6O5S/c22-13-1-2-15(23)11(5-13)8-30-4-3-16(29-30)20(32)14-7-26-10-27-21(14)28-17-6-12(19(31)18(17)24)9-35-36(25,33)34/h1-5,7,10,12,17-19,31H,6,8-9H2,(H2,25,33,34)(H,26,27,28)/t12-,17-,18-,19-/m1/s1. The molecule has 1 saturated carbocycles. The van der Waals surface area contributed by atoms with E-state index in [0.717, 1.165) is 0 Å². The number of carbonyl (C=O) groups excluding carboxylic acids is 1. The van der Waals surface area contributed by atoms with Crippen molar-refractivity contribution in [2.24, 2.45) is 11.1 Å². The summed E-state index contributed by atoms with van der Waals surface area (Å²) in [4.78, 5) is 21.1. The average Bonchev–Trinajstić information content (AvgIpc) is 3.40. The monoisotopic (exact) mass is 558 g/mol. The zero-order chi connectivity index (χ0) is 26.0. The second-order valence-electron chi connectivity index (χ2n) is 8.21. The number of aliphatic hydroxyl groups excluding tert-OH is 1. The van der Waals surface area contributed by atoms with E-state index in [4.69, 9.17) is 28.3 Å². The molecule has 0 unspecified atom stereocenters. The third-order valence-corrected chi connectivity index (χ3v) is 6.76. The third kappa shape index (κ3) is 6.17. The van der Waals surface area contributed by atoms with E-state index < -0.39 is 46.9 Å². The number of alkyl halides is 1. The number of ketones is 1. The maximum absolute atomic E-state index is 14.8. The number of hydrogen-bond acceptors (Lipinski definition) is 9. The smallest absolute Gasteiger partial charge is 0.333 e. The van der Waals surface area contributed by atoms with Crippen LogP contribution in [0.2, 0.25) is 10.0 Å². The highest BCUT2D eigenvalue weighted by Gasteiger charge is 2.44. The number of nitrogens with two attached hydrogens (primary N) is 1. The van der Waals surface area contributed by atoms with Gasteiger partial charge in [0.25, 0.3) is 0 Å². The predicted molar refractivity (Wildman–Crippen MR) is 129 cm³/mol. The van der Waals surface area contributed by atoms with Gasteiger partial charge < -0.3 is 10.4 Å². The van der Waals surface area contributed by atoms with Crippen LogP contribution in [0.1, 0.15) is 28.0 Å². The quantitative estimate of drug-likeness (QED) is 0.333. The van der Waals surface area contributed by atoms with Crippen LogP contribution in [0.5, 0.6) is 0 Å². The molecule has 4 rings (SSSR count). The van der Waals surface area contributed by atoms with Crippen molar-refractivity contribution in [1.29, 1.82) is 0 Å². The van der Waals surface area contributed by atoms with Crippen LogP contribution in [0.3, 0.4) is 0 Å². The largest absolute Gasteiger partial charge is 0.390 e. The van der Waals surface area contributed by atoms with Crippen LogP contribution in [0.15, 0.2) is 43.0 Å². The molecule has 1 fully saturated rings. The van der Waals surface area contributed by atoms with E-state index in [-0.39, 0.29) is 30.0 Å². The topological polar surface area (TPSA) is 162 Å². The molecule has 1 aliphatic carbocycles. The molecule has 2 heterocycles. The van der Waals surface area contributed by atoms with Crippen LogP contribution in [-0.4, -0.2) is 64.0 Å². The fraction of sp³-hybridized carbons (Fsp3) is 0.333. The number of halogens is 3. The van der Waals surface area contributed by atoms with Gasteiger partial charge in [0.05, 0.1) is 30.9 Å². The van der Waals surface area contributed by atoms with Crippen LogP contribution in [0.4, 0.5) is 10.2 Å². The molecule has 4 N–H and O–H groups in total. The Morgan fingerprint density at radius 1 is 1.33 bits per heavy atom. The maximum Gasteiger partial charge on any atom is 0.333 e. The van der Waals surface area contributed by atoms with E-state index in [9.17, 15) is 22.7 Å². The summed E-state index contributed by atoms with van der Waals surface area (Å²) in [5.74, 6) is -1.32. The molecular weight excluding hydrogens is 538 g/mol. The molecule has 3 aromatic rings. The minimum atomic E-state index is -4.24. The first kappa shape index (κ1) is 26.4.